The second-order valence-electron chi connectivity index (χ2n) is 3.83. The minimum Gasteiger partial charge on any atom is -0.324 e. The fraction of sp³-hybridized carbons (Fsp3) is 0.500. The van der Waals surface area contributed by atoms with E-state index in [4.69, 9.17) is 5.73 Å². The first-order valence-electron chi connectivity index (χ1n) is 4.97. The van der Waals surface area contributed by atoms with Gasteiger partial charge in [0.2, 0.25) is 0 Å². The molecular formula is C12H20ClN. The van der Waals surface area contributed by atoms with Gasteiger partial charge in [0.1, 0.15) is 0 Å². The van der Waals surface area contributed by atoms with Gasteiger partial charge in [-0.15, -0.1) is 12.4 Å². The first-order valence-corrected chi connectivity index (χ1v) is 4.97. The van der Waals surface area contributed by atoms with E-state index in [-0.39, 0.29) is 18.4 Å². The van der Waals surface area contributed by atoms with Gasteiger partial charge in [-0.3, -0.25) is 0 Å². The normalized spacial score (nSPS) is 14.3. The number of halogens is 1. The lowest BCUT2D eigenvalue weighted by Crippen LogP contribution is -2.18. The molecule has 0 aromatic heterocycles. The van der Waals surface area contributed by atoms with E-state index < -0.39 is 0 Å². The Bertz CT molecular complexity index is 273. The molecule has 1 aromatic carbocycles. The topological polar surface area (TPSA) is 26.0 Å². The summed E-state index contributed by atoms with van der Waals surface area (Å²) in [6.45, 7) is 6.49. The number of rotatable bonds is 3. The molecule has 0 aliphatic carbocycles. The van der Waals surface area contributed by atoms with Gasteiger partial charge in [0.25, 0.3) is 0 Å². The Labute approximate surface area is 93.1 Å². The smallest absolute Gasteiger partial charge is 0.0320 e. The zero-order valence-electron chi connectivity index (χ0n) is 9.16. The summed E-state index contributed by atoms with van der Waals surface area (Å²) in [5.41, 5.74) is 8.66. The first kappa shape index (κ1) is 13.5. The van der Waals surface area contributed by atoms with Crippen LogP contribution in [-0.2, 0) is 0 Å². The summed E-state index contributed by atoms with van der Waals surface area (Å²) >= 11 is 0. The summed E-state index contributed by atoms with van der Waals surface area (Å²) < 4.78 is 0. The van der Waals surface area contributed by atoms with Crippen molar-refractivity contribution in [2.45, 2.75) is 33.2 Å². The van der Waals surface area contributed by atoms with Crippen molar-refractivity contribution in [1.29, 1.82) is 0 Å². The molecule has 1 aromatic rings. The van der Waals surface area contributed by atoms with Crippen molar-refractivity contribution in [1.82, 2.24) is 0 Å². The Kier molecular flexibility index (Phi) is 5.82. The van der Waals surface area contributed by atoms with Gasteiger partial charge in [-0.05, 0) is 18.4 Å². The number of hydrogen-bond donors (Lipinski definition) is 1. The van der Waals surface area contributed by atoms with Crippen LogP contribution in [0.4, 0.5) is 0 Å². The van der Waals surface area contributed by atoms with Crippen LogP contribution in [0.2, 0.25) is 0 Å². The summed E-state index contributed by atoms with van der Waals surface area (Å²) in [5, 5.41) is 0. The van der Waals surface area contributed by atoms with Crippen LogP contribution in [0.25, 0.3) is 0 Å². The van der Waals surface area contributed by atoms with Crippen LogP contribution in [0.1, 0.15) is 37.4 Å². The van der Waals surface area contributed by atoms with Crippen LogP contribution < -0.4 is 5.73 Å². The maximum atomic E-state index is 6.12. The Morgan fingerprint density at radius 1 is 1.36 bits per heavy atom. The lowest BCUT2D eigenvalue weighted by molar-refractivity contribution is 0.456. The molecule has 14 heavy (non-hydrogen) atoms. The highest BCUT2D eigenvalue weighted by molar-refractivity contribution is 5.85. The van der Waals surface area contributed by atoms with Gasteiger partial charge in [-0.25, -0.2) is 0 Å². The Morgan fingerprint density at radius 2 is 2.00 bits per heavy atom. The minimum absolute atomic E-state index is 0. The summed E-state index contributed by atoms with van der Waals surface area (Å²) in [4.78, 5) is 0. The van der Waals surface area contributed by atoms with Gasteiger partial charge < -0.3 is 5.73 Å². The van der Waals surface area contributed by atoms with Gasteiger partial charge in [0.15, 0.2) is 0 Å². The molecule has 2 heteroatoms. The summed E-state index contributed by atoms with van der Waals surface area (Å²) in [7, 11) is 0. The van der Waals surface area contributed by atoms with Gasteiger partial charge >= 0.3 is 0 Å². The predicted molar refractivity (Wildman–Crippen MR) is 64.8 cm³/mol. The van der Waals surface area contributed by atoms with Gasteiger partial charge in [-0.2, -0.15) is 0 Å². The monoisotopic (exact) mass is 213 g/mol. The molecule has 0 radical (unpaired) electrons. The molecule has 0 amide bonds. The average Bonchev–Trinajstić information content (AvgIpc) is 2.15. The van der Waals surface area contributed by atoms with E-state index in [2.05, 4.69) is 45.0 Å². The SMILES string of the molecule is CCC(C)[C@@H](N)c1cccc(C)c1.Cl. The molecule has 1 unspecified atom stereocenters. The molecule has 80 valence electrons. The van der Waals surface area contributed by atoms with Crippen LogP contribution in [-0.4, -0.2) is 0 Å². The van der Waals surface area contributed by atoms with E-state index in [1.807, 2.05) is 0 Å². The van der Waals surface area contributed by atoms with Crippen LogP contribution >= 0.6 is 12.4 Å². The molecule has 0 fully saturated rings. The van der Waals surface area contributed by atoms with E-state index in [0.29, 0.717) is 5.92 Å². The predicted octanol–water partition coefficient (Wildman–Crippen LogP) is 3.46. The highest BCUT2D eigenvalue weighted by Crippen LogP contribution is 2.21. The molecular weight excluding hydrogens is 194 g/mol. The molecule has 0 spiro atoms. The van der Waals surface area contributed by atoms with Crippen molar-refractivity contribution in [3.8, 4) is 0 Å². The number of nitrogens with two attached hydrogens (primary N) is 1. The zero-order valence-corrected chi connectivity index (χ0v) is 9.97. The standard InChI is InChI=1S/C12H19N.ClH/c1-4-10(3)12(13)11-7-5-6-9(2)8-11;/h5-8,10,12H,4,13H2,1-3H3;1H/t10?,12-;/m1./s1. The summed E-state index contributed by atoms with van der Waals surface area (Å²) in [6, 6.07) is 8.66. The van der Waals surface area contributed by atoms with Crippen molar-refractivity contribution in [3.05, 3.63) is 35.4 Å². The molecule has 0 saturated carbocycles. The maximum Gasteiger partial charge on any atom is 0.0320 e. The van der Waals surface area contributed by atoms with Crippen LogP contribution in [0.15, 0.2) is 24.3 Å². The van der Waals surface area contributed by atoms with Crippen molar-refractivity contribution in [2.24, 2.45) is 11.7 Å². The third-order valence-corrected chi connectivity index (χ3v) is 2.68. The Hall–Kier alpha value is -0.530. The van der Waals surface area contributed by atoms with Crippen molar-refractivity contribution in [2.75, 3.05) is 0 Å². The average molecular weight is 214 g/mol. The van der Waals surface area contributed by atoms with Crippen LogP contribution in [0, 0.1) is 12.8 Å². The highest BCUT2D eigenvalue weighted by Gasteiger charge is 2.12. The van der Waals surface area contributed by atoms with Crippen molar-refractivity contribution >= 4 is 12.4 Å². The van der Waals surface area contributed by atoms with Gasteiger partial charge in [0.05, 0.1) is 0 Å². The molecule has 0 bridgehead atoms. The molecule has 0 aliphatic rings. The zero-order chi connectivity index (χ0) is 9.84. The molecule has 0 aliphatic heterocycles. The third-order valence-electron chi connectivity index (χ3n) is 2.68. The second-order valence-corrected chi connectivity index (χ2v) is 3.83. The van der Waals surface area contributed by atoms with Crippen LogP contribution in [0.5, 0.6) is 0 Å². The second kappa shape index (κ2) is 6.05. The number of benzene rings is 1. The Morgan fingerprint density at radius 3 is 2.50 bits per heavy atom. The van der Waals surface area contributed by atoms with Gasteiger partial charge in [0, 0.05) is 6.04 Å². The first-order chi connectivity index (χ1) is 6.15. The quantitative estimate of drug-likeness (QED) is 0.818. The Balaban J connectivity index is 0.00000169. The maximum absolute atomic E-state index is 6.12. The lowest BCUT2D eigenvalue weighted by atomic mass is 9.93. The molecule has 0 heterocycles. The molecule has 2 atom stereocenters. The van der Waals surface area contributed by atoms with E-state index in [1.165, 1.54) is 11.1 Å². The number of hydrogen-bond acceptors (Lipinski definition) is 1. The summed E-state index contributed by atoms with van der Waals surface area (Å²) in [5.74, 6) is 0.557. The molecule has 1 rings (SSSR count). The largest absolute Gasteiger partial charge is 0.324 e. The van der Waals surface area contributed by atoms with Crippen LogP contribution in [0.3, 0.4) is 0 Å². The molecule has 1 nitrogen and oxygen atoms in total. The van der Waals surface area contributed by atoms with E-state index in [9.17, 15) is 0 Å². The van der Waals surface area contributed by atoms with E-state index in [1.54, 1.807) is 0 Å². The fourth-order valence-corrected chi connectivity index (χ4v) is 1.46. The minimum atomic E-state index is 0. The summed E-state index contributed by atoms with van der Waals surface area (Å²) in [6.07, 6.45) is 1.13. The highest BCUT2D eigenvalue weighted by atomic mass is 35.5. The van der Waals surface area contributed by atoms with Crippen molar-refractivity contribution in [3.63, 3.8) is 0 Å². The lowest BCUT2D eigenvalue weighted by Gasteiger charge is -2.18. The third kappa shape index (κ3) is 3.32. The van der Waals surface area contributed by atoms with Crippen molar-refractivity contribution < 1.29 is 0 Å². The number of aryl methyl sites for hydroxylation is 1. The van der Waals surface area contributed by atoms with Gasteiger partial charge in [-0.1, -0.05) is 50.1 Å². The van der Waals surface area contributed by atoms with E-state index in [0.717, 1.165) is 6.42 Å². The molecule has 0 saturated heterocycles. The molecule has 2 N–H and O–H groups in total. The van der Waals surface area contributed by atoms with E-state index >= 15 is 0 Å². The fourth-order valence-electron chi connectivity index (χ4n) is 1.46.